The van der Waals surface area contributed by atoms with Gasteiger partial charge in [0.1, 0.15) is 5.82 Å². The predicted molar refractivity (Wildman–Crippen MR) is 82.7 cm³/mol. The average molecular weight is 293 g/mol. The molecule has 0 aromatic carbocycles. The molecule has 7 nitrogen and oxygen atoms in total. The van der Waals surface area contributed by atoms with Gasteiger partial charge in [0.25, 0.3) is 5.56 Å². The molecule has 0 fully saturated rings. The quantitative estimate of drug-likeness (QED) is 0.863. The summed E-state index contributed by atoms with van der Waals surface area (Å²) < 4.78 is 4.58. The minimum Gasteiger partial charge on any atom is -0.329 e. The van der Waals surface area contributed by atoms with Crippen molar-refractivity contribution in [3.05, 3.63) is 26.7 Å². The smallest absolute Gasteiger partial charge is 0.329 e. The summed E-state index contributed by atoms with van der Waals surface area (Å²) in [6.07, 6.45) is 1.67. The van der Waals surface area contributed by atoms with Gasteiger partial charge in [-0.2, -0.15) is 0 Å². The number of fused-ring (bicyclic) bond motifs is 1. The number of aryl methyl sites for hydroxylation is 1. The third-order valence-corrected chi connectivity index (χ3v) is 3.60. The summed E-state index contributed by atoms with van der Waals surface area (Å²) in [5.41, 5.74) is 5.96. The lowest BCUT2D eigenvalue weighted by Gasteiger charge is -2.12. The first kappa shape index (κ1) is 15.5. The summed E-state index contributed by atoms with van der Waals surface area (Å²) in [5.74, 6) is 0.815. The highest BCUT2D eigenvalue weighted by atomic mass is 16.2. The summed E-state index contributed by atoms with van der Waals surface area (Å²) in [6, 6.07) is -0.0671. The summed E-state index contributed by atoms with van der Waals surface area (Å²) in [7, 11) is 1.50. The number of nitrogens with zero attached hydrogens (tertiary/aromatic N) is 4. The van der Waals surface area contributed by atoms with Crippen LogP contribution < -0.4 is 17.0 Å². The summed E-state index contributed by atoms with van der Waals surface area (Å²) >= 11 is 0. The van der Waals surface area contributed by atoms with Crippen molar-refractivity contribution < 1.29 is 0 Å². The Hall–Kier alpha value is -1.89. The Labute approximate surface area is 123 Å². The molecule has 0 saturated carbocycles. The second kappa shape index (κ2) is 5.85. The highest BCUT2D eigenvalue weighted by molar-refractivity contribution is 5.71. The molecular weight excluding hydrogens is 270 g/mol. The zero-order valence-electron chi connectivity index (χ0n) is 13.1. The lowest BCUT2D eigenvalue weighted by atomic mass is 10.3. The molecule has 21 heavy (non-hydrogen) atoms. The molecule has 0 bridgehead atoms. The van der Waals surface area contributed by atoms with E-state index < -0.39 is 0 Å². The van der Waals surface area contributed by atoms with E-state index in [4.69, 9.17) is 5.73 Å². The van der Waals surface area contributed by atoms with Crippen molar-refractivity contribution in [2.24, 2.45) is 12.8 Å². The third-order valence-electron chi connectivity index (χ3n) is 3.60. The molecule has 0 radical (unpaired) electrons. The molecule has 2 rings (SSSR count). The van der Waals surface area contributed by atoms with E-state index in [-0.39, 0.29) is 17.3 Å². The van der Waals surface area contributed by atoms with Gasteiger partial charge in [0, 0.05) is 32.6 Å². The van der Waals surface area contributed by atoms with Gasteiger partial charge in [-0.1, -0.05) is 6.92 Å². The minimum absolute atomic E-state index is 0.0671. The molecular formula is C14H23N5O2. The maximum absolute atomic E-state index is 12.5. The summed E-state index contributed by atoms with van der Waals surface area (Å²) in [4.78, 5) is 29.4. The van der Waals surface area contributed by atoms with Crippen molar-refractivity contribution in [1.82, 2.24) is 18.7 Å². The van der Waals surface area contributed by atoms with E-state index in [0.29, 0.717) is 24.3 Å². The Kier molecular flexibility index (Phi) is 4.32. The fourth-order valence-electron chi connectivity index (χ4n) is 2.61. The van der Waals surface area contributed by atoms with Crippen LogP contribution in [0.1, 0.15) is 39.1 Å². The van der Waals surface area contributed by atoms with Crippen LogP contribution in [0.2, 0.25) is 0 Å². The van der Waals surface area contributed by atoms with Crippen molar-refractivity contribution in [2.45, 2.75) is 46.2 Å². The topological polar surface area (TPSA) is 87.8 Å². The van der Waals surface area contributed by atoms with Gasteiger partial charge in [-0.05, 0) is 20.3 Å². The molecule has 2 N–H and O–H groups in total. The van der Waals surface area contributed by atoms with Crippen LogP contribution in [-0.2, 0) is 20.0 Å². The maximum Gasteiger partial charge on any atom is 0.332 e. The monoisotopic (exact) mass is 293 g/mol. The average Bonchev–Trinajstić information content (AvgIpc) is 2.75. The van der Waals surface area contributed by atoms with Crippen LogP contribution >= 0.6 is 0 Å². The first-order valence-corrected chi connectivity index (χ1v) is 7.34. The Morgan fingerprint density at radius 3 is 2.48 bits per heavy atom. The molecule has 0 aliphatic heterocycles. The van der Waals surface area contributed by atoms with Gasteiger partial charge in [0.15, 0.2) is 11.2 Å². The van der Waals surface area contributed by atoms with Gasteiger partial charge >= 0.3 is 5.69 Å². The van der Waals surface area contributed by atoms with Crippen LogP contribution in [0, 0.1) is 0 Å². The second-order valence-electron chi connectivity index (χ2n) is 5.50. The first-order chi connectivity index (χ1) is 9.93. The van der Waals surface area contributed by atoms with Crippen LogP contribution in [0.5, 0.6) is 0 Å². The van der Waals surface area contributed by atoms with Crippen LogP contribution in [-0.4, -0.2) is 25.2 Å². The number of hydrogen-bond acceptors (Lipinski definition) is 4. The van der Waals surface area contributed by atoms with Crippen molar-refractivity contribution in [3.8, 4) is 0 Å². The number of imidazole rings is 1. The van der Waals surface area contributed by atoms with E-state index in [2.05, 4.69) is 11.9 Å². The molecule has 0 spiro atoms. The number of nitrogens with two attached hydrogens (primary N) is 1. The molecule has 0 saturated heterocycles. The molecule has 0 atom stereocenters. The van der Waals surface area contributed by atoms with Gasteiger partial charge in [-0.15, -0.1) is 0 Å². The molecule has 2 heterocycles. The molecule has 0 amide bonds. The Morgan fingerprint density at radius 1 is 1.29 bits per heavy atom. The summed E-state index contributed by atoms with van der Waals surface area (Å²) in [5, 5.41) is 0. The molecule has 2 aromatic heterocycles. The van der Waals surface area contributed by atoms with Gasteiger partial charge in [0.05, 0.1) is 0 Å². The van der Waals surface area contributed by atoms with Crippen LogP contribution in [0.25, 0.3) is 11.2 Å². The fraction of sp³-hybridized carbons (Fsp3) is 0.643. The van der Waals surface area contributed by atoms with E-state index in [0.717, 1.165) is 23.2 Å². The van der Waals surface area contributed by atoms with E-state index in [1.165, 1.54) is 7.05 Å². The molecule has 116 valence electrons. The van der Waals surface area contributed by atoms with Crippen LogP contribution in [0.4, 0.5) is 0 Å². The standard InChI is InChI=1S/C14H23N5O2/c1-5-6-10-16-12-11(18(10)8-7-15)13(20)17(4)14(21)19(12)9(2)3/h9H,5-8,15H2,1-4H3. The van der Waals surface area contributed by atoms with Crippen molar-refractivity contribution in [2.75, 3.05) is 6.54 Å². The summed E-state index contributed by atoms with van der Waals surface area (Å²) in [6.45, 7) is 6.82. The Balaban J connectivity index is 2.97. The lowest BCUT2D eigenvalue weighted by Crippen LogP contribution is -2.39. The van der Waals surface area contributed by atoms with Crippen molar-refractivity contribution >= 4 is 11.2 Å². The SMILES string of the molecule is CCCc1nc2c(c(=O)n(C)c(=O)n2C(C)C)n1CCN. The zero-order chi connectivity index (χ0) is 15.7. The van der Waals surface area contributed by atoms with Crippen LogP contribution in [0.3, 0.4) is 0 Å². The van der Waals surface area contributed by atoms with Gasteiger partial charge < -0.3 is 10.3 Å². The largest absolute Gasteiger partial charge is 0.332 e. The van der Waals surface area contributed by atoms with E-state index in [1.54, 1.807) is 4.57 Å². The maximum atomic E-state index is 12.5. The van der Waals surface area contributed by atoms with Crippen LogP contribution in [0.15, 0.2) is 9.59 Å². The third kappa shape index (κ3) is 2.42. The fourth-order valence-corrected chi connectivity index (χ4v) is 2.61. The van der Waals surface area contributed by atoms with Gasteiger partial charge in [-0.25, -0.2) is 9.78 Å². The molecule has 0 unspecified atom stereocenters. The molecule has 2 aromatic rings. The van der Waals surface area contributed by atoms with E-state index in [1.807, 2.05) is 18.4 Å². The normalized spacial score (nSPS) is 11.7. The predicted octanol–water partition coefficient (Wildman–Crippen LogP) is 0.389. The Morgan fingerprint density at radius 2 is 1.95 bits per heavy atom. The lowest BCUT2D eigenvalue weighted by molar-refractivity contribution is 0.551. The van der Waals surface area contributed by atoms with Gasteiger partial charge in [0.2, 0.25) is 0 Å². The van der Waals surface area contributed by atoms with Crippen molar-refractivity contribution in [3.63, 3.8) is 0 Å². The van der Waals surface area contributed by atoms with E-state index in [9.17, 15) is 9.59 Å². The first-order valence-electron chi connectivity index (χ1n) is 7.34. The number of hydrogen-bond donors (Lipinski definition) is 1. The van der Waals surface area contributed by atoms with Crippen molar-refractivity contribution in [1.29, 1.82) is 0 Å². The highest BCUT2D eigenvalue weighted by Gasteiger charge is 2.20. The second-order valence-corrected chi connectivity index (χ2v) is 5.50. The van der Waals surface area contributed by atoms with E-state index >= 15 is 0 Å². The Bertz CT molecular complexity index is 766. The molecule has 7 heteroatoms. The molecule has 0 aliphatic carbocycles. The molecule has 0 aliphatic rings. The minimum atomic E-state index is -0.331. The van der Waals surface area contributed by atoms with Gasteiger partial charge in [-0.3, -0.25) is 13.9 Å². The number of rotatable bonds is 5. The number of aromatic nitrogens is 4. The highest BCUT2D eigenvalue weighted by Crippen LogP contribution is 2.15. The zero-order valence-corrected chi connectivity index (χ0v) is 13.1.